The Morgan fingerprint density at radius 2 is 1.88 bits per heavy atom. The molecule has 17 heavy (non-hydrogen) atoms. The van der Waals surface area contributed by atoms with Gasteiger partial charge in [0, 0.05) is 5.92 Å². The van der Waals surface area contributed by atoms with E-state index < -0.39 is 18.0 Å². The molecule has 0 spiro atoms. The number of aliphatic hydroxyl groups is 1. The quantitative estimate of drug-likeness (QED) is 0.798. The fraction of sp³-hybridized carbons (Fsp3) is 0.500. The summed E-state index contributed by atoms with van der Waals surface area (Å²) >= 11 is 0. The molecule has 94 valence electrons. The molecule has 0 bridgehead atoms. The second-order valence-corrected chi connectivity index (χ2v) is 4.42. The van der Waals surface area contributed by atoms with Crippen LogP contribution in [0, 0.1) is 5.92 Å². The van der Waals surface area contributed by atoms with Crippen LogP contribution in [0.25, 0.3) is 0 Å². The van der Waals surface area contributed by atoms with E-state index in [2.05, 4.69) is 0 Å². The van der Waals surface area contributed by atoms with Gasteiger partial charge in [0.05, 0.1) is 12.0 Å². The molecule has 3 unspecified atom stereocenters. The molecule has 0 amide bonds. The highest BCUT2D eigenvalue weighted by atomic mass is 16.4. The maximum Gasteiger partial charge on any atom is 0.309 e. The summed E-state index contributed by atoms with van der Waals surface area (Å²) in [5.74, 6) is -1.76. The number of carbonyl (C=O) groups is 1. The summed E-state index contributed by atoms with van der Waals surface area (Å²) in [5.41, 5.74) is 0.974. The van der Waals surface area contributed by atoms with Crippen molar-refractivity contribution in [3.8, 4) is 0 Å². The predicted octanol–water partition coefficient (Wildman–Crippen LogP) is 2.65. The fourth-order valence-corrected chi connectivity index (χ4v) is 2.05. The highest BCUT2D eigenvalue weighted by Gasteiger charge is 2.30. The summed E-state index contributed by atoms with van der Waals surface area (Å²) in [6.07, 6.45) is 0.429. The molecule has 3 atom stereocenters. The molecular weight excluding hydrogens is 216 g/mol. The molecule has 0 aromatic heterocycles. The highest BCUT2D eigenvalue weighted by molar-refractivity contribution is 5.70. The number of rotatable bonds is 6. The first kappa shape index (κ1) is 13.7. The summed E-state index contributed by atoms with van der Waals surface area (Å²) in [5, 5.41) is 19.3. The first-order valence-electron chi connectivity index (χ1n) is 6.03. The van der Waals surface area contributed by atoms with Gasteiger partial charge in [0.1, 0.15) is 0 Å². The van der Waals surface area contributed by atoms with Gasteiger partial charge in [0.2, 0.25) is 0 Å². The van der Waals surface area contributed by atoms with Crippen molar-refractivity contribution in [2.45, 2.75) is 38.7 Å². The molecule has 2 N–H and O–H groups in total. The van der Waals surface area contributed by atoms with Crippen molar-refractivity contribution in [2.75, 3.05) is 0 Å². The Balaban J connectivity index is 2.80. The monoisotopic (exact) mass is 236 g/mol. The van der Waals surface area contributed by atoms with Crippen LogP contribution in [0.1, 0.15) is 38.2 Å². The normalized spacial score (nSPS) is 16.2. The molecule has 3 heteroatoms. The molecule has 3 nitrogen and oxygen atoms in total. The standard InChI is InChI=1S/C14H20O3/c1-3-7-12(14(16)17)13(15)10(2)11-8-5-4-6-9-11/h4-6,8-10,12-13,15H,3,7H2,1-2H3,(H,16,17). The molecule has 1 rings (SSSR count). The molecular formula is C14H20O3. The Bertz CT molecular complexity index is 348. The maximum absolute atomic E-state index is 11.1. The SMILES string of the molecule is CCCC(C(=O)O)C(O)C(C)c1ccccc1. The number of carboxylic acids is 1. The van der Waals surface area contributed by atoms with Crippen LogP contribution in [0.4, 0.5) is 0 Å². The van der Waals surface area contributed by atoms with Crippen LogP contribution in [0.5, 0.6) is 0 Å². The zero-order chi connectivity index (χ0) is 12.8. The van der Waals surface area contributed by atoms with Crippen LogP contribution < -0.4 is 0 Å². The third-order valence-corrected chi connectivity index (χ3v) is 3.17. The molecule has 0 aliphatic heterocycles. The zero-order valence-electron chi connectivity index (χ0n) is 10.3. The van der Waals surface area contributed by atoms with Crippen molar-refractivity contribution >= 4 is 5.97 Å². The lowest BCUT2D eigenvalue weighted by atomic mass is 9.85. The first-order chi connectivity index (χ1) is 8.07. The minimum atomic E-state index is -0.915. The second kappa shape index (κ2) is 6.40. The molecule has 0 aliphatic rings. The molecule has 0 heterocycles. The van der Waals surface area contributed by atoms with Crippen molar-refractivity contribution in [3.63, 3.8) is 0 Å². The second-order valence-electron chi connectivity index (χ2n) is 4.42. The van der Waals surface area contributed by atoms with Crippen LogP contribution >= 0.6 is 0 Å². The average molecular weight is 236 g/mol. The Kier molecular flexibility index (Phi) is 5.16. The number of hydrogen-bond acceptors (Lipinski definition) is 2. The lowest BCUT2D eigenvalue weighted by molar-refractivity contribution is -0.146. The number of aliphatic hydroxyl groups excluding tert-OH is 1. The first-order valence-corrected chi connectivity index (χ1v) is 6.03. The van der Waals surface area contributed by atoms with Gasteiger partial charge in [-0.05, 0) is 12.0 Å². The number of carboxylic acid groups (broad SMARTS) is 1. The van der Waals surface area contributed by atoms with Crippen LogP contribution in [-0.2, 0) is 4.79 Å². The largest absolute Gasteiger partial charge is 0.481 e. The van der Waals surface area contributed by atoms with Gasteiger partial charge in [0.15, 0.2) is 0 Å². The third-order valence-electron chi connectivity index (χ3n) is 3.17. The summed E-state index contributed by atoms with van der Waals surface area (Å²) in [7, 11) is 0. The molecule has 1 aromatic carbocycles. The van der Waals surface area contributed by atoms with E-state index >= 15 is 0 Å². The Morgan fingerprint density at radius 1 is 1.29 bits per heavy atom. The summed E-state index contributed by atoms with van der Waals surface area (Å²) in [6.45, 7) is 3.79. The lowest BCUT2D eigenvalue weighted by Crippen LogP contribution is -2.32. The predicted molar refractivity (Wildman–Crippen MR) is 66.9 cm³/mol. The minimum Gasteiger partial charge on any atom is -0.481 e. The van der Waals surface area contributed by atoms with E-state index in [4.69, 9.17) is 5.11 Å². The number of benzene rings is 1. The van der Waals surface area contributed by atoms with Crippen LogP contribution in [-0.4, -0.2) is 22.3 Å². The van der Waals surface area contributed by atoms with E-state index in [1.165, 1.54) is 0 Å². The van der Waals surface area contributed by atoms with E-state index in [-0.39, 0.29) is 5.92 Å². The third kappa shape index (κ3) is 3.56. The lowest BCUT2D eigenvalue weighted by Gasteiger charge is -2.24. The zero-order valence-corrected chi connectivity index (χ0v) is 10.3. The number of hydrogen-bond donors (Lipinski definition) is 2. The van der Waals surface area contributed by atoms with E-state index in [0.717, 1.165) is 12.0 Å². The molecule has 0 fully saturated rings. The van der Waals surface area contributed by atoms with Gasteiger partial charge in [0.25, 0.3) is 0 Å². The smallest absolute Gasteiger partial charge is 0.309 e. The van der Waals surface area contributed by atoms with Crippen molar-refractivity contribution in [3.05, 3.63) is 35.9 Å². The van der Waals surface area contributed by atoms with Crippen LogP contribution in [0.3, 0.4) is 0 Å². The van der Waals surface area contributed by atoms with E-state index in [9.17, 15) is 9.90 Å². The molecule has 0 aliphatic carbocycles. The van der Waals surface area contributed by atoms with Gasteiger partial charge >= 0.3 is 5.97 Å². The van der Waals surface area contributed by atoms with Gasteiger partial charge < -0.3 is 10.2 Å². The topological polar surface area (TPSA) is 57.5 Å². The molecule has 0 saturated carbocycles. The summed E-state index contributed by atoms with van der Waals surface area (Å²) < 4.78 is 0. The summed E-state index contributed by atoms with van der Waals surface area (Å²) in [4.78, 5) is 11.1. The van der Waals surface area contributed by atoms with Crippen LogP contribution in [0.2, 0.25) is 0 Å². The molecule has 1 aromatic rings. The van der Waals surface area contributed by atoms with Gasteiger partial charge in [-0.15, -0.1) is 0 Å². The van der Waals surface area contributed by atoms with Crippen molar-refractivity contribution < 1.29 is 15.0 Å². The van der Waals surface area contributed by atoms with Crippen LogP contribution in [0.15, 0.2) is 30.3 Å². The van der Waals surface area contributed by atoms with E-state index in [0.29, 0.717) is 6.42 Å². The van der Waals surface area contributed by atoms with E-state index in [1.54, 1.807) is 0 Å². The summed E-state index contributed by atoms with van der Waals surface area (Å²) in [6, 6.07) is 9.53. The van der Waals surface area contributed by atoms with Crippen molar-refractivity contribution in [1.82, 2.24) is 0 Å². The molecule has 0 radical (unpaired) electrons. The van der Waals surface area contributed by atoms with Gasteiger partial charge in [-0.25, -0.2) is 0 Å². The Morgan fingerprint density at radius 3 is 2.35 bits per heavy atom. The highest BCUT2D eigenvalue weighted by Crippen LogP contribution is 2.26. The van der Waals surface area contributed by atoms with Gasteiger partial charge in [-0.1, -0.05) is 50.6 Å². The number of aliphatic carboxylic acids is 1. The average Bonchev–Trinajstić information content (AvgIpc) is 2.35. The van der Waals surface area contributed by atoms with Gasteiger partial charge in [-0.2, -0.15) is 0 Å². The Labute approximate surface area is 102 Å². The molecule has 0 saturated heterocycles. The Hall–Kier alpha value is -1.35. The van der Waals surface area contributed by atoms with Crippen molar-refractivity contribution in [1.29, 1.82) is 0 Å². The maximum atomic E-state index is 11.1. The fourth-order valence-electron chi connectivity index (χ4n) is 2.05. The minimum absolute atomic E-state index is 0.163. The van der Waals surface area contributed by atoms with E-state index in [1.807, 2.05) is 44.2 Å². The van der Waals surface area contributed by atoms with Gasteiger partial charge in [-0.3, -0.25) is 4.79 Å². The van der Waals surface area contributed by atoms with Crippen molar-refractivity contribution in [2.24, 2.45) is 5.92 Å².